The molecular weight excluding hydrogens is 301 g/mol. The molecule has 0 radical (unpaired) electrons. The highest BCUT2D eigenvalue weighted by atomic mass is 35.5. The third-order valence-electron chi connectivity index (χ3n) is 2.83. The van der Waals surface area contributed by atoms with Crippen molar-refractivity contribution < 1.29 is 18.3 Å². The highest BCUT2D eigenvalue weighted by Crippen LogP contribution is 2.38. The largest absolute Gasteiger partial charge is 0.433 e. The van der Waals surface area contributed by atoms with Crippen molar-refractivity contribution in [1.29, 1.82) is 0 Å². The predicted octanol–water partition coefficient (Wildman–Crippen LogP) is 4.14. The third kappa shape index (κ3) is 3.38. The van der Waals surface area contributed by atoms with Crippen LogP contribution < -0.4 is 0 Å². The van der Waals surface area contributed by atoms with Crippen molar-refractivity contribution in [3.63, 3.8) is 0 Å². The maximum atomic E-state index is 13.2. The molecule has 2 aromatic rings. The number of halogens is 4. The summed E-state index contributed by atoms with van der Waals surface area (Å²) in [4.78, 5) is 0. The van der Waals surface area contributed by atoms with E-state index in [9.17, 15) is 18.3 Å². The van der Waals surface area contributed by atoms with E-state index in [4.69, 9.17) is 11.6 Å². The van der Waals surface area contributed by atoms with Crippen LogP contribution in [0, 0.1) is 11.8 Å². The van der Waals surface area contributed by atoms with E-state index in [-0.39, 0.29) is 5.56 Å². The van der Waals surface area contributed by atoms with E-state index in [1.807, 2.05) is 5.92 Å². The molecule has 1 N–H and O–H groups in total. The Labute approximate surface area is 125 Å². The zero-order chi connectivity index (χ0) is 15.5. The van der Waals surface area contributed by atoms with E-state index < -0.39 is 11.8 Å². The molecule has 1 unspecified atom stereocenters. The first-order chi connectivity index (χ1) is 9.83. The standard InChI is InChI=1S/C16H10ClF3O/c17-14-8-6-12(7-9-14)10-11-15(21,16(18,19)20)13-4-2-1-3-5-13/h1-9,21H. The molecule has 0 aliphatic carbocycles. The average molecular weight is 311 g/mol. The van der Waals surface area contributed by atoms with Gasteiger partial charge in [-0.15, -0.1) is 0 Å². The second-order valence-corrected chi connectivity index (χ2v) is 4.77. The quantitative estimate of drug-likeness (QED) is 0.785. The number of hydrogen-bond acceptors (Lipinski definition) is 1. The molecule has 0 saturated carbocycles. The maximum Gasteiger partial charge on any atom is 0.433 e. The summed E-state index contributed by atoms with van der Waals surface area (Å²) in [5.74, 6) is 4.26. The molecule has 0 aliphatic rings. The van der Waals surface area contributed by atoms with Crippen LogP contribution in [-0.2, 0) is 5.60 Å². The van der Waals surface area contributed by atoms with Gasteiger partial charge in [0.05, 0.1) is 0 Å². The van der Waals surface area contributed by atoms with Crippen molar-refractivity contribution in [2.75, 3.05) is 0 Å². The Morgan fingerprint density at radius 3 is 2.00 bits per heavy atom. The monoisotopic (exact) mass is 310 g/mol. The lowest BCUT2D eigenvalue weighted by Gasteiger charge is -2.25. The zero-order valence-electron chi connectivity index (χ0n) is 10.7. The van der Waals surface area contributed by atoms with Crippen LogP contribution in [-0.4, -0.2) is 11.3 Å². The molecule has 0 bridgehead atoms. The van der Waals surface area contributed by atoms with Gasteiger partial charge in [0, 0.05) is 16.1 Å². The first kappa shape index (κ1) is 15.4. The first-order valence-electron chi connectivity index (χ1n) is 5.96. The Morgan fingerprint density at radius 2 is 1.48 bits per heavy atom. The van der Waals surface area contributed by atoms with Crippen molar-refractivity contribution in [2.45, 2.75) is 11.8 Å². The summed E-state index contributed by atoms with van der Waals surface area (Å²) in [6.07, 6.45) is -4.91. The average Bonchev–Trinajstić information content (AvgIpc) is 2.46. The number of rotatable bonds is 1. The first-order valence-corrected chi connectivity index (χ1v) is 6.34. The van der Waals surface area contributed by atoms with Gasteiger partial charge in [-0.2, -0.15) is 13.2 Å². The fourth-order valence-corrected chi connectivity index (χ4v) is 1.81. The molecule has 0 saturated heterocycles. The summed E-state index contributed by atoms with van der Waals surface area (Å²) in [5.41, 5.74) is -3.20. The minimum absolute atomic E-state index is 0.320. The van der Waals surface area contributed by atoms with Crippen LogP contribution in [0.5, 0.6) is 0 Å². The van der Waals surface area contributed by atoms with E-state index in [1.165, 1.54) is 48.5 Å². The molecule has 0 fully saturated rings. The van der Waals surface area contributed by atoms with Crippen LogP contribution in [0.2, 0.25) is 5.02 Å². The van der Waals surface area contributed by atoms with Crippen LogP contribution in [0.15, 0.2) is 54.6 Å². The minimum atomic E-state index is -4.91. The highest BCUT2D eigenvalue weighted by molar-refractivity contribution is 6.30. The van der Waals surface area contributed by atoms with Crippen molar-refractivity contribution in [2.24, 2.45) is 0 Å². The van der Waals surface area contributed by atoms with Crippen LogP contribution >= 0.6 is 11.6 Å². The topological polar surface area (TPSA) is 20.2 Å². The lowest BCUT2D eigenvalue weighted by Crippen LogP contribution is -2.41. The van der Waals surface area contributed by atoms with E-state index in [0.717, 1.165) is 0 Å². The van der Waals surface area contributed by atoms with Crippen molar-refractivity contribution in [3.05, 3.63) is 70.7 Å². The smallest absolute Gasteiger partial charge is 0.366 e. The summed E-state index contributed by atoms with van der Waals surface area (Å²) in [5, 5.41) is 10.5. The van der Waals surface area contributed by atoms with E-state index in [1.54, 1.807) is 6.07 Å². The van der Waals surface area contributed by atoms with Gasteiger partial charge in [-0.1, -0.05) is 47.9 Å². The van der Waals surface area contributed by atoms with Gasteiger partial charge in [-0.05, 0) is 30.2 Å². The van der Waals surface area contributed by atoms with Crippen molar-refractivity contribution in [3.8, 4) is 11.8 Å². The Morgan fingerprint density at radius 1 is 0.905 bits per heavy atom. The fraction of sp³-hybridized carbons (Fsp3) is 0.125. The van der Waals surface area contributed by atoms with Gasteiger partial charge in [-0.3, -0.25) is 0 Å². The molecule has 1 atom stereocenters. The summed E-state index contributed by atoms with van der Waals surface area (Å²) >= 11 is 5.69. The van der Waals surface area contributed by atoms with Gasteiger partial charge in [-0.25, -0.2) is 0 Å². The molecule has 2 aromatic carbocycles. The number of aliphatic hydroxyl groups is 1. The molecule has 21 heavy (non-hydrogen) atoms. The van der Waals surface area contributed by atoms with E-state index in [2.05, 4.69) is 5.92 Å². The van der Waals surface area contributed by atoms with Crippen LogP contribution in [0.4, 0.5) is 13.2 Å². The summed E-state index contributed by atoms with van der Waals surface area (Å²) in [6, 6.07) is 12.8. The molecule has 5 heteroatoms. The third-order valence-corrected chi connectivity index (χ3v) is 3.09. The van der Waals surface area contributed by atoms with Gasteiger partial charge < -0.3 is 5.11 Å². The van der Waals surface area contributed by atoms with Gasteiger partial charge in [0.2, 0.25) is 5.60 Å². The molecule has 1 nitrogen and oxygen atoms in total. The van der Waals surface area contributed by atoms with Crippen LogP contribution in [0.25, 0.3) is 0 Å². The molecule has 108 valence electrons. The second-order valence-electron chi connectivity index (χ2n) is 4.33. The SMILES string of the molecule is OC(C#Cc1ccc(Cl)cc1)(c1ccccc1)C(F)(F)F. The van der Waals surface area contributed by atoms with Gasteiger partial charge in [0.25, 0.3) is 0 Å². The second kappa shape index (κ2) is 5.80. The fourth-order valence-electron chi connectivity index (χ4n) is 1.68. The lowest BCUT2D eigenvalue weighted by molar-refractivity contribution is -0.240. The molecule has 0 amide bonds. The maximum absolute atomic E-state index is 13.2. The highest BCUT2D eigenvalue weighted by Gasteiger charge is 2.54. The Bertz CT molecular complexity index is 669. The van der Waals surface area contributed by atoms with Gasteiger partial charge in [0.1, 0.15) is 0 Å². The number of benzene rings is 2. The van der Waals surface area contributed by atoms with E-state index in [0.29, 0.717) is 10.6 Å². The molecule has 0 aromatic heterocycles. The number of alkyl halides is 3. The van der Waals surface area contributed by atoms with Crippen LogP contribution in [0.1, 0.15) is 11.1 Å². The van der Waals surface area contributed by atoms with Gasteiger partial charge in [0.15, 0.2) is 0 Å². The van der Waals surface area contributed by atoms with Crippen molar-refractivity contribution in [1.82, 2.24) is 0 Å². The predicted molar refractivity (Wildman–Crippen MR) is 74.7 cm³/mol. The molecule has 0 heterocycles. The summed E-state index contributed by atoms with van der Waals surface area (Å²) in [6.45, 7) is 0. The van der Waals surface area contributed by atoms with Crippen LogP contribution in [0.3, 0.4) is 0 Å². The van der Waals surface area contributed by atoms with Crippen molar-refractivity contribution >= 4 is 11.6 Å². The molecule has 2 rings (SSSR count). The normalized spacial score (nSPS) is 14.0. The Hall–Kier alpha value is -1.96. The molecule has 0 spiro atoms. The zero-order valence-corrected chi connectivity index (χ0v) is 11.4. The Kier molecular flexibility index (Phi) is 4.26. The molecule has 0 aliphatic heterocycles. The Balaban J connectivity index is 2.46. The van der Waals surface area contributed by atoms with Gasteiger partial charge >= 0.3 is 6.18 Å². The summed E-state index contributed by atoms with van der Waals surface area (Å²) < 4.78 is 39.5. The molecular formula is C16H10ClF3O. The number of hydrogen-bond donors (Lipinski definition) is 1. The summed E-state index contributed by atoms with van der Waals surface area (Å²) in [7, 11) is 0. The minimum Gasteiger partial charge on any atom is -0.366 e. The van der Waals surface area contributed by atoms with E-state index >= 15 is 0 Å². The lowest BCUT2D eigenvalue weighted by atomic mass is 9.93.